The molecule has 0 saturated carbocycles. The molecule has 0 spiro atoms. The van der Waals surface area contributed by atoms with Crippen molar-refractivity contribution < 1.29 is 42.4 Å². The molecule has 4 saturated heterocycles. The lowest BCUT2D eigenvalue weighted by atomic mass is 9.88. The van der Waals surface area contributed by atoms with Gasteiger partial charge in [0.2, 0.25) is 0 Å². The molecule has 0 amide bonds. The summed E-state index contributed by atoms with van der Waals surface area (Å²) in [6, 6.07) is 18.0. The molecule has 0 aliphatic carbocycles. The van der Waals surface area contributed by atoms with Crippen molar-refractivity contribution in [3.8, 4) is 0 Å². The fraction of sp³-hybridized carbons (Fsp3) is 0.692. The standard InChI is InChI=1S/C20H31N3O4Si.C19H29N3O5Si/c1-13-16(22-23-21)19(27-28(5,6)20(2,3)4)25-15-12-24-18(26-17(13)15)14-10-8-7-9-11-14;1-19(2,3)28(4,5)27-18-14(21-22-20)15(23)16-13(25-18)11-24-17(26-16)12-9-7-6-8-10-12/h7-11,13,15-19H,12H2,1-6H3;6-10,13-18,23H,11H2,1-5H3/t13-,15?,16?,17+,18?,19+;13?,14?,15-,16-,17?,18+/m11/s1. The lowest BCUT2D eigenvalue weighted by molar-refractivity contribution is -0.333. The van der Waals surface area contributed by atoms with E-state index in [4.69, 9.17) is 48.3 Å². The van der Waals surface area contributed by atoms with E-state index in [1.807, 2.05) is 67.6 Å². The minimum atomic E-state index is -2.22. The molecule has 4 heterocycles. The molecule has 56 heavy (non-hydrogen) atoms. The Kier molecular flexibility index (Phi) is 14.2. The molecule has 6 unspecified atom stereocenters. The Morgan fingerprint density at radius 3 is 1.46 bits per heavy atom. The molecule has 6 rings (SSSR count). The number of benzene rings is 2. The molecular formula is C39H60N6O9Si2. The number of aliphatic hydroxyl groups excluding tert-OH is 1. The fourth-order valence-corrected chi connectivity index (χ4v) is 8.75. The molecular weight excluding hydrogens is 753 g/mol. The molecule has 0 aromatic heterocycles. The summed E-state index contributed by atoms with van der Waals surface area (Å²) in [5, 5.41) is 18.7. The maximum atomic E-state index is 10.9. The summed E-state index contributed by atoms with van der Waals surface area (Å²) in [5.41, 5.74) is 20.0. The molecule has 2 aromatic carbocycles. The molecule has 4 fully saturated rings. The Morgan fingerprint density at radius 1 is 0.643 bits per heavy atom. The molecule has 1 N–H and O–H groups in total. The van der Waals surface area contributed by atoms with Crippen molar-refractivity contribution in [2.24, 2.45) is 16.1 Å². The fourth-order valence-electron chi connectivity index (χ4n) is 6.49. The maximum absolute atomic E-state index is 10.9. The third kappa shape index (κ3) is 10.0. The maximum Gasteiger partial charge on any atom is 0.195 e. The van der Waals surface area contributed by atoms with Crippen LogP contribution >= 0.6 is 0 Å². The second kappa shape index (κ2) is 18.0. The van der Waals surface area contributed by atoms with E-state index in [1.54, 1.807) is 0 Å². The van der Waals surface area contributed by atoms with Crippen LogP contribution in [0.2, 0.25) is 36.3 Å². The van der Waals surface area contributed by atoms with Crippen molar-refractivity contribution in [1.29, 1.82) is 0 Å². The molecule has 4 aliphatic rings. The zero-order valence-corrected chi connectivity index (χ0v) is 36.5. The highest BCUT2D eigenvalue weighted by Gasteiger charge is 2.53. The Morgan fingerprint density at radius 2 is 1.04 bits per heavy atom. The second-order valence-corrected chi connectivity index (χ2v) is 27.4. The largest absolute Gasteiger partial charge is 0.392 e. The molecule has 0 bridgehead atoms. The van der Waals surface area contributed by atoms with Crippen LogP contribution in [0.5, 0.6) is 0 Å². The highest BCUT2D eigenvalue weighted by Crippen LogP contribution is 2.44. The van der Waals surface area contributed by atoms with Crippen molar-refractivity contribution >= 4 is 16.6 Å². The highest BCUT2D eigenvalue weighted by molar-refractivity contribution is 6.74. The number of hydrogen-bond acceptors (Lipinski definition) is 11. The summed E-state index contributed by atoms with van der Waals surface area (Å²) < 4.78 is 49.1. The van der Waals surface area contributed by atoms with Crippen LogP contribution in [0.4, 0.5) is 0 Å². The van der Waals surface area contributed by atoms with E-state index in [2.05, 4.69) is 87.8 Å². The van der Waals surface area contributed by atoms with Crippen LogP contribution in [0.15, 0.2) is 70.9 Å². The van der Waals surface area contributed by atoms with Gasteiger partial charge in [-0.25, -0.2) is 0 Å². The lowest BCUT2D eigenvalue weighted by Crippen LogP contribution is -2.63. The first-order chi connectivity index (χ1) is 26.3. The predicted octanol–water partition coefficient (Wildman–Crippen LogP) is 9.05. The molecule has 308 valence electrons. The van der Waals surface area contributed by atoms with E-state index in [9.17, 15) is 5.11 Å². The summed E-state index contributed by atoms with van der Waals surface area (Å²) in [7, 11) is -4.32. The number of nitrogens with zero attached hydrogens (tertiary/aromatic N) is 6. The normalized spacial score (nSPS) is 33.6. The Hall–Kier alpha value is -2.87. The van der Waals surface area contributed by atoms with E-state index in [-0.39, 0.29) is 34.8 Å². The average Bonchev–Trinajstić information content (AvgIpc) is 3.14. The SMILES string of the molecule is CC(C)(C)[Si](C)(C)O[C@@H]1OC2COC(c3ccccc3)O[C@H]2[C@H](O)C1N=[N+]=[N-].C[C@@H]1C(N=[N+]=[N-])[C@H](O[Si](C)(C)C(C)(C)C)OC2COC(c3ccccc3)O[C@H]21. The summed E-state index contributed by atoms with van der Waals surface area (Å²) in [6.07, 6.45) is -5.20. The molecule has 4 aliphatic heterocycles. The van der Waals surface area contributed by atoms with Crippen LogP contribution < -0.4 is 0 Å². The minimum absolute atomic E-state index is 0.0231. The van der Waals surface area contributed by atoms with Gasteiger partial charge in [-0.15, -0.1) is 0 Å². The monoisotopic (exact) mass is 812 g/mol. The van der Waals surface area contributed by atoms with Crippen LogP contribution in [-0.2, 0) is 37.3 Å². The average molecular weight is 813 g/mol. The van der Waals surface area contributed by atoms with Crippen LogP contribution in [0, 0.1) is 5.92 Å². The minimum Gasteiger partial charge on any atom is -0.392 e. The molecule has 15 nitrogen and oxygen atoms in total. The smallest absolute Gasteiger partial charge is 0.195 e. The zero-order chi connectivity index (χ0) is 41.1. The third-order valence-electron chi connectivity index (χ3n) is 12.0. The third-order valence-corrected chi connectivity index (χ3v) is 20.9. The Balaban J connectivity index is 0.000000214. The van der Waals surface area contributed by atoms with Crippen molar-refractivity contribution in [3.63, 3.8) is 0 Å². The summed E-state index contributed by atoms with van der Waals surface area (Å²) in [4.78, 5) is 5.96. The number of fused-ring (bicyclic) bond motifs is 2. The van der Waals surface area contributed by atoms with Crippen molar-refractivity contribution in [1.82, 2.24) is 0 Å². The predicted molar refractivity (Wildman–Crippen MR) is 215 cm³/mol. The summed E-state index contributed by atoms with van der Waals surface area (Å²) in [6.45, 7) is 24.1. The summed E-state index contributed by atoms with van der Waals surface area (Å²) in [5.74, 6) is -0.0560. The van der Waals surface area contributed by atoms with Gasteiger partial charge in [0.1, 0.15) is 24.4 Å². The number of rotatable bonds is 8. The van der Waals surface area contributed by atoms with E-state index < -0.39 is 72.2 Å². The van der Waals surface area contributed by atoms with Gasteiger partial charge in [-0.3, -0.25) is 0 Å². The van der Waals surface area contributed by atoms with Gasteiger partial charge in [0, 0.05) is 21.0 Å². The molecule has 17 heteroatoms. The van der Waals surface area contributed by atoms with Gasteiger partial charge in [0.05, 0.1) is 31.5 Å². The number of azide groups is 2. The van der Waals surface area contributed by atoms with Gasteiger partial charge < -0.3 is 42.4 Å². The van der Waals surface area contributed by atoms with Gasteiger partial charge in [-0.2, -0.15) is 0 Å². The van der Waals surface area contributed by atoms with Crippen LogP contribution in [-0.4, -0.2) is 90.1 Å². The lowest BCUT2D eigenvalue weighted by Gasteiger charge is -2.50. The molecule has 2 aromatic rings. The van der Waals surface area contributed by atoms with Gasteiger partial charge in [-0.05, 0) is 53.2 Å². The first-order valence-corrected chi connectivity index (χ1v) is 25.2. The Labute approximate surface area is 332 Å². The number of ether oxygens (including phenoxy) is 6. The van der Waals surface area contributed by atoms with Gasteiger partial charge in [0.25, 0.3) is 0 Å². The topological polar surface area (TPSA) is 192 Å². The van der Waals surface area contributed by atoms with Gasteiger partial charge in [0.15, 0.2) is 41.8 Å². The number of aliphatic hydroxyl groups is 1. The van der Waals surface area contributed by atoms with Gasteiger partial charge >= 0.3 is 0 Å². The molecule has 0 radical (unpaired) electrons. The van der Waals surface area contributed by atoms with Crippen LogP contribution in [0.25, 0.3) is 20.9 Å². The van der Waals surface area contributed by atoms with E-state index in [0.717, 1.165) is 11.1 Å². The zero-order valence-electron chi connectivity index (χ0n) is 34.5. The van der Waals surface area contributed by atoms with Crippen molar-refractivity contribution in [2.75, 3.05) is 13.2 Å². The second-order valence-electron chi connectivity index (χ2n) is 17.9. The first-order valence-electron chi connectivity index (χ1n) is 19.3. The summed E-state index contributed by atoms with van der Waals surface area (Å²) >= 11 is 0. The van der Waals surface area contributed by atoms with Gasteiger partial charge in [-0.1, -0.05) is 119 Å². The molecule has 12 atom stereocenters. The van der Waals surface area contributed by atoms with Crippen molar-refractivity contribution in [3.05, 3.63) is 92.7 Å². The van der Waals surface area contributed by atoms with Crippen molar-refractivity contribution in [2.45, 2.75) is 152 Å². The first kappa shape index (κ1) is 44.2. The van der Waals surface area contributed by atoms with Crippen LogP contribution in [0.3, 0.4) is 0 Å². The Bertz CT molecular complexity index is 1560. The highest BCUT2D eigenvalue weighted by atomic mass is 28.4. The van der Waals surface area contributed by atoms with E-state index in [1.165, 1.54) is 0 Å². The quantitative estimate of drug-likeness (QED) is 0.117. The number of hydrogen-bond donors (Lipinski definition) is 1. The van der Waals surface area contributed by atoms with Crippen LogP contribution in [0.1, 0.15) is 72.2 Å². The van der Waals surface area contributed by atoms with E-state index in [0.29, 0.717) is 6.61 Å². The van der Waals surface area contributed by atoms with E-state index >= 15 is 0 Å².